The molecule has 0 saturated heterocycles. The van der Waals surface area contributed by atoms with E-state index < -0.39 is 0 Å². The number of hydrogen-bond donors (Lipinski definition) is 0. The van der Waals surface area contributed by atoms with Crippen LogP contribution in [0, 0.1) is 0 Å². The normalized spacial score (nSPS) is 14.2. The molecule has 0 aromatic carbocycles. The lowest BCUT2D eigenvalue weighted by Crippen LogP contribution is -1.88. The average Bonchev–Trinajstić information content (AvgIpc) is 2.28. The quantitative estimate of drug-likeness (QED) is 0.525. The van der Waals surface area contributed by atoms with Crippen LogP contribution in [0.4, 0.5) is 0 Å². The highest BCUT2D eigenvalue weighted by molar-refractivity contribution is 5.51. The van der Waals surface area contributed by atoms with Crippen molar-refractivity contribution in [3.8, 4) is 0 Å². The van der Waals surface area contributed by atoms with Gasteiger partial charge in [0.05, 0.1) is 0 Å². The predicted octanol–water partition coefficient (Wildman–Crippen LogP) is 5.78. The summed E-state index contributed by atoms with van der Waals surface area (Å²) in [6, 6.07) is 0. The Labute approximate surface area is 107 Å². The fourth-order valence-electron chi connectivity index (χ4n) is 1.50. The lowest BCUT2D eigenvalue weighted by molar-refractivity contribution is 1.34. The van der Waals surface area contributed by atoms with Crippen molar-refractivity contribution >= 4 is 0 Å². The molecule has 0 aliphatic heterocycles. The van der Waals surface area contributed by atoms with Crippen LogP contribution in [0.5, 0.6) is 0 Å². The third kappa shape index (κ3) is 6.57. The molecule has 0 rings (SSSR count). The van der Waals surface area contributed by atoms with Gasteiger partial charge < -0.3 is 0 Å². The second-order valence-electron chi connectivity index (χ2n) is 3.42. The first kappa shape index (κ1) is 17.8. The Morgan fingerprint density at radius 2 is 1.65 bits per heavy atom. The molecule has 94 valence electrons. The fourth-order valence-corrected chi connectivity index (χ4v) is 1.50. The molecule has 0 aliphatic rings. The van der Waals surface area contributed by atoms with Crippen molar-refractivity contribution in [2.24, 2.45) is 0 Å². The zero-order chi connectivity index (χ0) is 12.4. The van der Waals surface area contributed by atoms with Crippen molar-refractivity contribution in [3.05, 3.63) is 71.9 Å². The summed E-state index contributed by atoms with van der Waals surface area (Å²) in [5, 5.41) is 0. The lowest BCUT2D eigenvalue weighted by Gasteiger charge is -2.08. The van der Waals surface area contributed by atoms with Gasteiger partial charge in [-0.25, -0.2) is 0 Å². The molecule has 0 N–H and O–H groups in total. The summed E-state index contributed by atoms with van der Waals surface area (Å²) < 4.78 is 0. The van der Waals surface area contributed by atoms with Gasteiger partial charge in [0.2, 0.25) is 0 Å². The van der Waals surface area contributed by atoms with Crippen LogP contribution in [0.1, 0.15) is 35.1 Å². The van der Waals surface area contributed by atoms with Crippen molar-refractivity contribution in [2.75, 3.05) is 0 Å². The number of hydrogen-bond acceptors (Lipinski definition) is 0. The summed E-state index contributed by atoms with van der Waals surface area (Å²) in [5.41, 5.74) is 3.72. The van der Waals surface area contributed by atoms with Gasteiger partial charge in [-0.05, 0) is 44.4 Å². The fraction of sp³-hybridized carbons (Fsp3) is 0.294. The van der Waals surface area contributed by atoms with E-state index in [0.29, 0.717) is 0 Å². The molecule has 0 aromatic rings. The number of rotatable bonds is 5. The Hall–Kier alpha value is -1.56. The first-order valence-corrected chi connectivity index (χ1v) is 5.63. The Bertz CT molecular complexity index is 357. The van der Waals surface area contributed by atoms with E-state index in [0.717, 1.165) is 0 Å². The van der Waals surface area contributed by atoms with Crippen molar-refractivity contribution in [1.82, 2.24) is 0 Å². The maximum atomic E-state index is 3.73. The molecule has 0 saturated carbocycles. The van der Waals surface area contributed by atoms with Crippen LogP contribution in [-0.4, -0.2) is 0 Å². The summed E-state index contributed by atoms with van der Waals surface area (Å²) in [6.07, 6.45) is 16.3. The Morgan fingerprint density at radius 1 is 1.00 bits per heavy atom. The van der Waals surface area contributed by atoms with Gasteiger partial charge >= 0.3 is 0 Å². The molecule has 0 heteroatoms. The van der Waals surface area contributed by atoms with E-state index in [4.69, 9.17) is 0 Å². The van der Waals surface area contributed by atoms with Gasteiger partial charge in [0.15, 0.2) is 0 Å². The minimum absolute atomic E-state index is 0. The first-order valence-electron chi connectivity index (χ1n) is 5.63. The predicted molar refractivity (Wildman–Crippen MR) is 82.2 cm³/mol. The zero-order valence-corrected chi connectivity index (χ0v) is 10.8. The van der Waals surface area contributed by atoms with Crippen LogP contribution in [-0.2, 0) is 0 Å². The van der Waals surface area contributed by atoms with E-state index >= 15 is 0 Å². The molecular weight excluding hydrogens is 204 g/mol. The van der Waals surface area contributed by atoms with Crippen LogP contribution >= 0.6 is 0 Å². The summed E-state index contributed by atoms with van der Waals surface area (Å²) in [7, 11) is 0. The number of allylic oxidation sites excluding steroid dienone is 11. The molecule has 0 fully saturated rings. The molecule has 0 radical (unpaired) electrons. The van der Waals surface area contributed by atoms with Gasteiger partial charge in [-0.15, -0.1) is 0 Å². The summed E-state index contributed by atoms with van der Waals surface area (Å²) in [5.74, 6) is 0. The van der Waals surface area contributed by atoms with Crippen molar-refractivity contribution in [3.63, 3.8) is 0 Å². The van der Waals surface area contributed by atoms with Crippen molar-refractivity contribution in [2.45, 2.75) is 35.1 Å². The Kier molecular flexibility index (Phi) is 11.5. The largest absolute Gasteiger partial charge is 0.0991 e. The highest BCUT2D eigenvalue weighted by Crippen LogP contribution is 2.20. The monoisotopic (exact) mass is 230 g/mol. The van der Waals surface area contributed by atoms with E-state index in [1.807, 2.05) is 31.2 Å². The van der Waals surface area contributed by atoms with E-state index in [-0.39, 0.29) is 7.43 Å². The van der Waals surface area contributed by atoms with Gasteiger partial charge in [-0.3, -0.25) is 0 Å². The van der Waals surface area contributed by atoms with Gasteiger partial charge in [-0.2, -0.15) is 0 Å². The standard InChI is InChI=1S/C16H22.CH4/c1-6-10-11-13-15(8-3)16(9-4)14(5)12-7-2;/h6-13H,2H2,1,3-5H3;1H4/b10-6-,13-11-,14-12-,15-8+,16-9+;. The van der Waals surface area contributed by atoms with Crippen LogP contribution in [0.15, 0.2) is 71.9 Å². The summed E-state index contributed by atoms with van der Waals surface area (Å²) in [6.45, 7) is 12.0. The third-order valence-electron chi connectivity index (χ3n) is 2.28. The molecule has 0 nitrogen and oxygen atoms in total. The van der Waals surface area contributed by atoms with Crippen LogP contribution < -0.4 is 0 Å². The maximum absolute atomic E-state index is 3.73. The highest BCUT2D eigenvalue weighted by atomic mass is 14.1. The lowest BCUT2D eigenvalue weighted by atomic mass is 9.97. The first-order chi connectivity index (χ1) is 7.71. The molecule has 0 aromatic heterocycles. The van der Waals surface area contributed by atoms with Crippen molar-refractivity contribution < 1.29 is 0 Å². The van der Waals surface area contributed by atoms with Crippen molar-refractivity contribution in [1.29, 1.82) is 0 Å². The molecule has 0 aliphatic carbocycles. The average molecular weight is 230 g/mol. The van der Waals surface area contributed by atoms with Gasteiger partial charge in [0.1, 0.15) is 0 Å². The molecule has 0 bridgehead atoms. The maximum Gasteiger partial charge on any atom is -0.0201 e. The highest BCUT2D eigenvalue weighted by Gasteiger charge is 2.01. The third-order valence-corrected chi connectivity index (χ3v) is 2.28. The molecule has 0 unspecified atom stereocenters. The second kappa shape index (κ2) is 10.9. The minimum atomic E-state index is 0. The van der Waals surface area contributed by atoms with E-state index in [9.17, 15) is 0 Å². The second-order valence-corrected chi connectivity index (χ2v) is 3.42. The van der Waals surface area contributed by atoms with E-state index in [1.165, 1.54) is 16.7 Å². The topological polar surface area (TPSA) is 0 Å². The molecule has 0 atom stereocenters. The molecule has 0 heterocycles. The molecule has 0 amide bonds. The molecule has 17 heavy (non-hydrogen) atoms. The van der Waals surface area contributed by atoms with Gasteiger partial charge in [-0.1, -0.05) is 62.6 Å². The van der Waals surface area contributed by atoms with E-state index in [1.54, 1.807) is 0 Å². The summed E-state index contributed by atoms with van der Waals surface area (Å²) in [4.78, 5) is 0. The zero-order valence-electron chi connectivity index (χ0n) is 10.8. The van der Waals surface area contributed by atoms with Crippen LogP contribution in [0.25, 0.3) is 0 Å². The SMILES string of the molecule is C.C=C\C=C(C)/C(=C\C)C(/C=C\C=C/C)=C/C. The van der Waals surface area contributed by atoms with Crippen LogP contribution in [0.3, 0.4) is 0 Å². The molecule has 0 spiro atoms. The summed E-state index contributed by atoms with van der Waals surface area (Å²) >= 11 is 0. The van der Waals surface area contributed by atoms with Gasteiger partial charge in [0, 0.05) is 0 Å². The minimum Gasteiger partial charge on any atom is -0.0991 e. The van der Waals surface area contributed by atoms with E-state index in [2.05, 4.69) is 51.7 Å². The Balaban J connectivity index is 0. The molecular formula is C17H26. The van der Waals surface area contributed by atoms with Crippen LogP contribution in [0.2, 0.25) is 0 Å². The Morgan fingerprint density at radius 3 is 2.06 bits per heavy atom. The van der Waals surface area contributed by atoms with Gasteiger partial charge in [0.25, 0.3) is 0 Å². The smallest absolute Gasteiger partial charge is 0.0201 e.